The van der Waals surface area contributed by atoms with Gasteiger partial charge in [-0.15, -0.1) is 0 Å². The molecule has 1 saturated carbocycles. The summed E-state index contributed by atoms with van der Waals surface area (Å²) in [5.41, 5.74) is 0.395. The number of allylic oxidation sites excluding steroid dienone is 3. The zero-order valence-electron chi connectivity index (χ0n) is 13.8. The van der Waals surface area contributed by atoms with E-state index >= 15 is 0 Å². The maximum atomic E-state index is 11.0. The predicted molar refractivity (Wildman–Crippen MR) is 86.4 cm³/mol. The molecule has 4 aliphatic rings. The third kappa shape index (κ3) is 1.95. The van der Waals surface area contributed by atoms with Gasteiger partial charge in [0, 0.05) is 0 Å². The molecule has 2 nitrogen and oxygen atoms in total. The second-order valence-electron chi connectivity index (χ2n) is 8.36. The van der Waals surface area contributed by atoms with Crippen LogP contribution in [-0.4, -0.2) is 21.9 Å². The molecule has 0 amide bonds. The molecule has 0 saturated heterocycles. The first-order valence-corrected chi connectivity index (χ1v) is 9.36. The molecule has 7 atom stereocenters. The van der Waals surface area contributed by atoms with Crippen LogP contribution in [0.1, 0.15) is 39.5 Å². The van der Waals surface area contributed by atoms with Crippen LogP contribution in [0.5, 0.6) is 0 Å². The van der Waals surface area contributed by atoms with Crippen molar-refractivity contribution in [2.75, 3.05) is 0 Å². The van der Waals surface area contributed by atoms with E-state index < -0.39 is 5.60 Å². The SMILES string of the molecule is C[C@]12C=CC(O)CC1=CCC1C2CC[C@@]2(C)C1C=C[C@@]2(O)[C]#[Cr]. The van der Waals surface area contributed by atoms with Crippen LogP contribution in [0.25, 0.3) is 0 Å². The molecule has 23 heavy (non-hydrogen) atoms. The Morgan fingerprint density at radius 3 is 2.78 bits per heavy atom. The minimum absolute atomic E-state index is 0.0732. The van der Waals surface area contributed by atoms with Gasteiger partial charge in [0.25, 0.3) is 0 Å². The molecule has 0 radical (unpaired) electrons. The van der Waals surface area contributed by atoms with Gasteiger partial charge in [-0.05, 0) is 0 Å². The normalized spacial score (nSPS) is 53.8. The van der Waals surface area contributed by atoms with Gasteiger partial charge in [0.1, 0.15) is 0 Å². The van der Waals surface area contributed by atoms with Crippen LogP contribution in [0.2, 0.25) is 0 Å². The van der Waals surface area contributed by atoms with Crippen molar-refractivity contribution in [2.24, 2.45) is 28.6 Å². The average Bonchev–Trinajstić information content (AvgIpc) is 2.80. The first-order chi connectivity index (χ1) is 10.8. The standard InChI is InChI=1S/C20H25O2.Cr/c1-18-9-6-14(21)12-13(18)4-5-15-16(18)7-10-19(2)17(15)8-11-20(19,3)22;/h4,6,8-9,11,14-17,21-22H,5,7,10,12H2,1-2H3;/t14?,15?,16?,17?,18-,19-,20-;/m0./s1. The fraction of sp³-hybridized carbons (Fsp3) is 0.650. The average molecular weight is 349 g/mol. The summed E-state index contributed by atoms with van der Waals surface area (Å²) in [6.45, 7) is 4.57. The Morgan fingerprint density at radius 2 is 2.04 bits per heavy atom. The van der Waals surface area contributed by atoms with E-state index in [4.69, 9.17) is 0 Å². The molecule has 123 valence electrons. The molecule has 0 aromatic rings. The Labute approximate surface area is 146 Å². The van der Waals surface area contributed by atoms with Crippen molar-refractivity contribution in [1.29, 1.82) is 0 Å². The molecule has 0 aliphatic heterocycles. The molecule has 4 unspecified atom stereocenters. The zero-order valence-corrected chi connectivity index (χ0v) is 15.1. The molecule has 0 aromatic heterocycles. The fourth-order valence-corrected chi connectivity index (χ4v) is 6.34. The van der Waals surface area contributed by atoms with E-state index in [2.05, 4.69) is 52.4 Å². The van der Waals surface area contributed by atoms with E-state index in [1.165, 1.54) is 5.57 Å². The quantitative estimate of drug-likeness (QED) is 0.660. The summed E-state index contributed by atoms with van der Waals surface area (Å²) in [5, 5.41) is 21.0. The minimum atomic E-state index is -0.938. The monoisotopic (exact) mass is 349 g/mol. The second kappa shape index (κ2) is 4.98. The van der Waals surface area contributed by atoms with E-state index in [0.29, 0.717) is 17.8 Å². The van der Waals surface area contributed by atoms with Gasteiger partial charge in [-0.1, -0.05) is 0 Å². The van der Waals surface area contributed by atoms with E-state index in [-0.39, 0.29) is 16.9 Å². The molecule has 0 aromatic carbocycles. The summed E-state index contributed by atoms with van der Waals surface area (Å²) >= 11 is 2.81. The third-order valence-electron chi connectivity index (χ3n) is 7.45. The van der Waals surface area contributed by atoms with E-state index in [1.807, 2.05) is 12.2 Å². The van der Waals surface area contributed by atoms with Gasteiger partial charge >= 0.3 is 146 Å². The molecule has 4 rings (SSSR count). The van der Waals surface area contributed by atoms with E-state index in [1.54, 1.807) is 0 Å². The summed E-state index contributed by atoms with van der Waals surface area (Å²) in [5.74, 6) is 1.54. The van der Waals surface area contributed by atoms with E-state index in [0.717, 1.165) is 25.7 Å². The molecule has 4 aliphatic carbocycles. The first kappa shape index (κ1) is 15.9. The molecule has 0 bridgehead atoms. The Morgan fingerprint density at radius 1 is 1.26 bits per heavy atom. The Bertz CT molecular complexity index is 672. The number of hydrogen-bond acceptors (Lipinski definition) is 2. The van der Waals surface area contributed by atoms with Gasteiger partial charge in [-0.2, -0.15) is 0 Å². The summed E-state index contributed by atoms with van der Waals surface area (Å²) in [6, 6.07) is 0. The summed E-state index contributed by atoms with van der Waals surface area (Å²) in [6.07, 6.45) is 14.5. The van der Waals surface area contributed by atoms with Crippen LogP contribution in [0.3, 0.4) is 0 Å². The van der Waals surface area contributed by atoms with Crippen LogP contribution in [0.4, 0.5) is 0 Å². The first-order valence-electron chi connectivity index (χ1n) is 8.72. The molecule has 3 heteroatoms. The Kier molecular flexibility index (Phi) is 3.45. The summed E-state index contributed by atoms with van der Waals surface area (Å²) in [7, 11) is 0. The number of fused-ring (bicyclic) bond motifs is 5. The molecule has 2 N–H and O–H groups in total. The van der Waals surface area contributed by atoms with E-state index in [9.17, 15) is 10.2 Å². The van der Waals surface area contributed by atoms with Crippen LogP contribution in [0.15, 0.2) is 36.0 Å². The van der Waals surface area contributed by atoms with Crippen molar-refractivity contribution in [1.82, 2.24) is 0 Å². The van der Waals surface area contributed by atoms with Crippen molar-refractivity contribution in [2.45, 2.75) is 51.2 Å². The zero-order chi connectivity index (χ0) is 16.5. The van der Waals surface area contributed by atoms with Gasteiger partial charge in [-0.3, -0.25) is 0 Å². The van der Waals surface area contributed by atoms with Crippen molar-refractivity contribution in [3.05, 3.63) is 36.0 Å². The van der Waals surface area contributed by atoms with Crippen molar-refractivity contribution < 1.29 is 25.9 Å². The van der Waals surface area contributed by atoms with Gasteiger partial charge in [0.05, 0.1) is 0 Å². The topological polar surface area (TPSA) is 40.5 Å². The van der Waals surface area contributed by atoms with Crippen LogP contribution >= 0.6 is 0 Å². The number of aliphatic hydroxyl groups excluding tert-OH is 1. The second-order valence-corrected chi connectivity index (χ2v) is 8.68. The van der Waals surface area contributed by atoms with Crippen LogP contribution < -0.4 is 0 Å². The Hall–Kier alpha value is -0.548. The predicted octanol–water partition coefficient (Wildman–Crippen LogP) is 3.10. The third-order valence-corrected chi connectivity index (χ3v) is 7.94. The Balaban J connectivity index is 1.74. The summed E-state index contributed by atoms with van der Waals surface area (Å²) < 4.78 is 3.03. The maximum absolute atomic E-state index is 11.0. The van der Waals surface area contributed by atoms with Gasteiger partial charge in [0.2, 0.25) is 0 Å². The van der Waals surface area contributed by atoms with Crippen molar-refractivity contribution in [3.8, 4) is 4.69 Å². The van der Waals surface area contributed by atoms with Crippen molar-refractivity contribution in [3.63, 3.8) is 0 Å². The molecular formula is C20H25CrO2. The number of aliphatic hydroxyl groups is 2. The van der Waals surface area contributed by atoms with Crippen molar-refractivity contribution >= 4 is 0 Å². The molecule has 1 fully saturated rings. The van der Waals surface area contributed by atoms with Crippen LogP contribution in [-0.2, 0) is 15.7 Å². The molecule has 0 heterocycles. The van der Waals surface area contributed by atoms with Crippen LogP contribution in [0, 0.1) is 33.3 Å². The van der Waals surface area contributed by atoms with Gasteiger partial charge < -0.3 is 0 Å². The molecular weight excluding hydrogens is 324 g/mol. The molecule has 0 spiro atoms. The number of hydrogen-bond donors (Lipinski definition) is 2. The summed E-state index contributed by atoms with van der Waals surface area (Å²) in [4.78, 5) is 0. The number of rotatable bonds is 0. The fourth-order valence-electron chi connectivity index (χ4n) is 5.87. The van der Waals surface area contributed by atoms with Gasteiger partial charge in [-0.25, -0.2) is 0 Å². The van der Waals surface area contributed by atoms with Gasteiger partial charge in [0.15, 0.2) is 0 Å².